The number of hydrogen-bond acceptors (Lipinski definition) is 1. The molecule has 0 aromatic carbocycles. The summed E-state index contributed by atoms with van der Waals surface area (Å²) in [6.07, 6.45) is 10.5. The molecule has 1 nitrogen and oxygen atoms in total. The molecule has 0 aliphatic carbocycles. The van der Waals surface area contributed by atoms with E-state index in [4.69, 9.17) is 12.2 Å². The zero-order chi connectivity index (χ0) is 14.5. The van der Waals surface area contributed by atoms with Crippen molar-refractivity contribution in [3.8, 4) is 0 Å². The summed E-state index contributed by atoms with van der Waals surface area (Å²) in [5.74, 6) is 1.58. The highest BCUT2D eigenvalue weighted by Gasteiger charge is 2.14. The fourth-order valence-electron chi connectivity index (χ4n) is 2.61. The summed E-state index contributed by atoms with van der Waals surface area (Å²) in [6, 6.07) is 0. The number of thiocarbonyl (C=S) groups is 1. The van der Waals surface area contributed by atoms with Gasteiger partial charge in [-0.3, -0.25) is 0 Å². The summed E-state index contributed by atoms with van der Waals surface area (Å²) in [5.41, 5.74) is 3.00. The Morgan fingerprint density at radius 2 is 1.26 bits per heavy atom. The average molecular weight is 285 g/mol. The van der Waals surface area contributed by atoms with Gasteiger partial charge in [-0.2, -0.15) is 0 Å². The van der Waals surface area contributed by atoms with E-state index in [0.717, 1.165) is 24.9 Å². The lowest BCUT2D eigenvalue weighted by molar-refractivity contribution is 0.271. The highest BCUT2D eigenvalue weighted by Crippen LogP contribution is 2.18. The van der Waals surface area contributed by atoms with Crippen molar-refractivity contribution >= 4 is 17.7 Å². The van der Waals surface area contributed by atoms with Crippen LogP contribution >= 0.6 is 12.2 Å². The topological polar surface area (TPSA) is 3.24 Å². The van der Waals surface area contributed by atoms with Gasteiger partial charge in [0.25, 0.3) is 0 Å². The molecule has 2 unspecified atom stereocenters. The van der Waals surface area contributed by atoms with E-state index in [1.807, 2.05) is 0 Å². The molecule has 2 atom stereocenters. The molecule has 0 heterocycles. The standard InChI is InChI=1S/C17H34NS/c1-5-9-11-16(7-3)13-18(15-19)14-17(8-4)12-10-6-2/h16-17H,5-14H2,1-4H3. The van der Waals surface area contributed by atoms with Crippen LogP contribution in [0.2, 0.25) is 0 Å². The van der Waals surface area contributed by atoms with E-state index in [1.165, 1.54) is 51.4 Å². The average Bonchev–Trinajstić information content (AvgIpc) is 2.45. The van der Waals surface area contributed by atoms with Gasteiger partial charge in [-0.05, 0) is 24.7 Å². The fourth-order valence-corrected chi connectivity index (χ4v) is 2.76. The van der Waals surface area contributed by atoms with Crippen LogP contribution < -0.4 is 0 Å². The number of hydrogen-bond donors (Lipinski definition) is 0. The van der Waals surface area contributed by atoms with E-state index in [2.05, 4.69) is 38.1 Å². The Hall–Kier alpha value is -0.110. The van der Waals surface area contributed by atoms with E-state index in [-0.39, 0.29) is 0 Å². The monoisotopic (exact) mass is 284 g/mol. The van der Waals surface area contributed by atoms with Crippen molar-refractivity contribution in [2.24, 2.45) is 11.8 Å². The quantitative estimate of drug-likeness (QED) is 0.322. The second-order valence-electron chi connectivity index (χ2n) is 5.83. The van der Waals surface area contributed by atoms with Crippen LogP contribution in [0.15, 0.2) is 0 Å². The molecule has 0 N–H and O–H groups in total. The van der Waals surface area contributed by atoms with Gasteiger partial charge in [0.2, 0.25) is 0 Å². The van der Waals surface area contributed by atoms with Crippen LogP contribution in [0.25, 0.3) is 0 Å². The summed E-state index contributed by atoms with van der Waals surface area (Å²) in [7, 11) is 0. The van der Waals surface area contributed by atoms with Gasteiger partial charge in [-0.25, -0.2) is 0 Å². The Bertz CT molecular complexity index is 187. The van der Waals surface area contributed by atoms with Crippen LogP contribution in [0, 0.1) is 11.8 Å². The number of unbranched alkanes of at least 4 members (excludes halogenated alkanes) is 2. The Balaban J connectivity index is 4.18. The van der Waals surface area contributed by atoms with Gasteiger partial charge in [0.05, 0.1) is 0 Å². The highest BCUT2D eigenvalue weighted by atomic mass is 32.1. The largest absolute Gasteiger partial charge is 0.360 e. The molecule has 19 heavy (non-hydrogen) atoms. The maximum Gasteiger partial charge on any atom is 0.136 e. The number of rotatable bonds is 13. The molecular formula is C17H34NS. The van der Waals surface area contributed by atoms with Crippen LogP contribution in [0.3, 0.4) is 0 Å². The third-order valence-corrected chi connectivity index (χ3v) is 4.43. The molecule has 113 valence electrons. The van der Waals surface area contributed by atoms with Crippen LogP contribution in [0.4, 0.5) is 0 Å². The molecule has 0 fully saturated rings. The second-order valence-corrected chi connectivity index (χ2v) is 6.01. The molecule has 0 aromatic heterocycles. The van der Waals surface area contributed by atoms with Gasteiger partial charge in [-0.1, -0.05) is 78.4 Å². The SMILES string of the molecule is CCCCC(CC)CN([C]=S)CC(CC)CCCC. The zero-order valence-corrected chi connectivity index (χ0v) is 14.4. The first kappa shape index (κ1) is 18.9. The Morgan fingerprint density at radius 3 is 1.53 bits per heavy atom. The fraction of sp³-hybridized carbons (Fsp3) is 0.941. The smallest absolute Gasteiger partial charge is 0.136 e. The van der Waals surface area contributed by atoms with Gasteiger partial charge in [0.1, 0.15) is 5.49 Å². The highest BCUT2D eigenvalue weighted by molar-refractivity contribution is 7.78. The van der Waals surface area contributed by atoms with Crippen LogP contribution in [-0.2, 0) is 0 Å². The van der Waals surface area contributed by atoms with E-state index < -0.39 is 0 Å². The van der Waals surface area contributed by atoms with Crippen molar-refractivity contribution in [2.45, 2.75) is 79.1 Å². The van der Waals surface area contributed by atoms with Crippen LogP contribution in [0.5, 0.6) is 0 Å². The summed E-state index contributed by atoms with van der Waals surface area (Å²) >= 11 is 5.11. The van der Waals surface area contributed by atoms with Gasteiger partial charge >= 0.3 is 0 Å². The van der Waals surface area contributed by atoms with Crippen molar-refractivity contribution in [1.29, 1.82) is 0 Å². The number of nitrogens with zero attached hydrogens (tertiary/aromatic N) is 1. The molecule has 0 spiro atoms. The van der Waals surface area contributed by atoms with Crippen molar-refractivity contribution < 1.29 is 0 Å². The molecule has 1 radical (unpaired) electrons. The predicted octanol–water partition coefficient (Wildman–Crippen LogP) is 5.56. The maximum atomic E-state index is 5.11. The lowest BCUT2D eigenvalue weighted by atomic mass is 9.96. The molecule has 0 aliphatic rings. The Kier molecular flexibility index (Phi) is 12.8. The van der Waals surface area contributed by atoms with Crippen LogP contribution in [0.1, 0.15) is 79.1 Å². The van der Waals surface area contributed by atoms with Gasteiger partial charge in [0, 0.05) is 13.1 Å². The summed E-state index contributed by atoms with van der Waals surface area (Å²) in [4.78, 5) is 2.28. The first-order valence-corrected chi connectivity index (χ1v) is 8.75. The first-order valence-electron chi connectivity index (χ1n) is 8.34. The van der Waals surface area contributed by atoms with E-state index in [9.17, 15) is 0 Å². The molecule has 0 amide bonds. The lowest BCUT2D eigenvalue weighted by Crippen LogP contribution is -2.32. The van der Waals surface area contributed by atoms with Crippen molar-refractivity contribution in [2.75, 3.05) is 13.1 Å². The van der Waals surface area contributed by atoms with Crippen molar-refractivity contribution in [1.82, 2.24) is 4.90 Å². The van der Waals surface area contributed by atoms with E-state index in [1.54, 1.807) is 0 Å². The molecule has 0 saturated carbocycles. The van der Waals surface area contributed by atoms with Crippen LogP contribution in [-0.4, -0.2) is 23.5 Å². The molecule has 2 heteroatoms. The summed E-state index contributed by atoms with van der Waals surface area (Å²) < 4.78 is 0. The Labute approximate surface area is 127 Å². The van der Waals surface area contributed by atoms with Gasteiger partial charge in [0.15, 0.2) is 0 Å². The molecular weight excluding hydrogens is 250 g/mol. The Morgan fingerprint density at radius 1 is 0.842 bits per heavy atom. The third-order valence-electron chi connectivity index (χ3n) is 4.17. The molecule has 0 bridgehead atoms. The van der Waals surface area contributed by atoms with Gasteiger partial charge < -0.3 is 4.90 Å². The van der Waals surface area contributed by atoms with E-state index >= 15 is 0 Å². The van der Waals surface area contributed by atoms with E-state index in [0.29, 0.717) is 0 Å². The lowest BCUT2D eigenvalue weighted by Gasteiger charge is -2.28. The maximum absolute atomic E-state index is 5.11. The molecule has 0 aromatic rings. The summed E-state index contributed by atoms with van der Waals surface area (Å²) in [5, 5.41) is 0. The van der Waals surface area contributed by atoms with Crippen molar-refractivity contribution in [3.63, 3.8) is 0 Å². The first-order chi connectivity index (χ1) is 9.21. The molecule has 0 aliphatic heterocycles. The normalized spacial score (nSPS) is 14.1. The van der Waals surface area contributed by atoms with Gasteiger partial charge in [-0.15, -0.1) is 0 Å². The minimum atomic E-state index is 0.791. The summed E-state index contributed by atoms with van der Waals surface area (Å²) in [6.45, 7) is 11.4. The predicted molar refractivity (Wildman–Crippen MR) is 90.8 cm³/mol. The zero-order valence-electron chi connectivity index (χ0n) is 13.6. The molecule has 0 saturated heterocycles. The third kappa shape index (κ3) is 9.43. The minimum Gasteiger partial charge on any atom is -0.360 e. The second kappa shape index (κ2) is 12.9. The van der Waals surface area contributed by atoms with Crippen molar-refractivity contribution in [3.05, 3.63) is 0 Å². The molecule has 0 rings (SSSR count). The minimum absolute atomic E-state index is 0.791.